The first-order valence-electron chi connectivity index (χ1n) is 11.0. The van der Waals surface area contributed by atoms with Gasteiger partial charge in [-0.3, -0.25) is 0 Å². The fraction of sp³-hybridized carbons (Fsp3) is 0.440. The zero-order valence-electron chi connectivity index (χ0n) is 17.8. The standard InChI is InChI=1S/C25H29N3O3/c1-31-21-13-11-18(12-14-21)17-7-9-19(10-8-17)24-22(15-26)28(23(24)16-29)25(30)27-20-5-3-2-4-6-20/h7-14,20,22-24,29H,2-6,16H2,1H3,(H,27,30)/t22-,23-,24-/m0/s1. The number of carbonyl (C=O) groups excluding carboxylic acids is 1. The topological polar surface area (TPSA) is 85.6 Å². The van der Waals surface area contributed by atoms with E-state index in [1.54, 1.807) is 7.11 Å². The number of rotatable bonds is 5. The molecule has 0 aromatic heterocycles. The first-order valence-corrected chi connectivity index (χ1v) is 11.0. The third-order valence-corrected chi connectivity index (χ3v) is 6.62. The molecule has 162 valence electrons. The average molecular weight is 420 g/mol. The number of amides is 2. The number of aliphatic hydroxyl groups is 1. The van der Waals surface area contributed by atoms with Gasteiger partial charge in [0.2, 0.25) is 0 Å². The molecule has 0 radical (unpaired) electrons. The molecule has 0 unspecified atom stereocenters. The van der Waals surface area contributed by atoms with Crippen LogP contribution in [-0.2, 0) is 0 Å². The first-order chi connectivity index (χ1) is 15.2. The number of nitrogens with zero attached hydrogens (tertiary/aromatic N) is 2. The first kappa shape index (κ1) is 21.2. The van der Waals surface area contributed by atoms with Gasteiger partial charge in [-0.25, -0.2) is 4.79 Å². The maximum atomic E-state index is 12.8. The lowest BCUT2D eigenvalue weighted by atomic mass is 9.75. The fourth-order valence-corrected chi connectivity index (χ4v) is 4.86. The maximum Gasteiger partial charge on any atom is 0.319 e. The van der Waals surface area contributed by atoms with Crippen molar-refractivity contribution in [3.63, 3.8) is 0 Å². The van der Waals surface area contributed by atoms with Crippen LogP contribution in [0.4, 0.5) is 4.79 Å². The third-order valence-electron chi connectivity index (χ3n) is 6.62. The molecule has 2 N–H and O–H groups in total. The number of benzene rings is 2. The van der Waals surface area contributed by atoms with Crippen LogP contribution in [0.2, 0.25) is 0 Å². The Hall–Kier alpha value is -3.04. The van der Waals surface area contributed by atoms with Crippen LogP contribution in [0.25, 0.3) is 11.1 Å². The van der Waals surface area contributed by atoms with Crippen molar-refractivity contribution in [1.29, 1.82) is 5.26 Å². The van der Waals surface area contributed by atoms with Gasteiger partial charge in [0.05, 0.1) is 25.8 Å². The molecule has 4 rings (SSSR count). The van der Waals surface area contributed by atoms with E-state index in [2.05, 4.69) is 11.4 Å². The van der Waals surface area contributed by atoms with Crippen LogP contribution >= 0.6 is 0 Å². The van der Waals surface area contributed by atoms with E-state index in [0.717, 1.165) is 48.1 Å². The van der Waals surface area contributed by atoms with E-state index in [0.29, 0.717) is 0 Å². The Kier molecular flexibility index (Phi) is 6.43. The van der Waals surface area contributed by atoms with E-state index in [1.807, 2.05) is 48.5 Å². The summed E-state index contributed by atoms with van der Waals surface area (Å²) in [5.74, 6) is 0.612. The van der Waals surface area contributed by atoms with E-state index in [-0.39, 0.29) is 30.6 Å². The number of carbonyl (C=O) groups is 1. The van der Waals surface area contributed by atoms with Gasteiger partial charge in [-0.1, -0.05) is 55.7 Å². The van der Waals surface area contributed by atoms with Crippen LogP contribution in [0.15, 0.2) is 48.5 Å². The average Bonchev–Trinajstić information content (AvgIpc) is 2.80. The molecule has 2 fully saturated rings. The van der Waals surface area contributed by atoms with Crippen LogP contribution in [0.5, 0.6) is 5.75 Å². The van der Waals surface area contributed by atoms with Gasteiger partial charge in [-0.05, 0) is 41.7 Å². The second kappa shape index (κ2) is 9.40. The van der Waals surface area contributed by atoms with Crippen LogP contribution in [0, 0.1) is 11.3 Å². The number of hydrogen-bond donors (Lipinski definition) is 2. The molecule has 1 saturated carbocycles. The normalized spacial score (nSPS) is 23.5. The molecule has 1 heterocycles. The highest BCUT2D eigenvalue weighted by atomic mass is 16.5. The monoisotopic (exact) mass is 419 g/mol. The Morgan fingerprint density at radius 1 is 1.10 bits per heavy atom. The van der Waals surface area contributed by atoms with Crippen molar-refractivity contribution in [2.45, 2.75) is 56.1 Å². The van der Waals surface area contributed by atoms with Crippen LogP contribution in [0.1, 0.15) is 43.6 Å². The molecular formula is C25H29N3O3. The number of likely N-dealkylation sites (tertiary alicyclic amines) is 1. The van der Waals surface area contributed by atoms with Crippen molar-refractivity contribution in [3.05, 3.63) is 54.1 Å². The van der Waals surface area contributed by atoms with Crippen molar-refractivity contribution < 1.29 is 14.6 Å². The smallest absolute Gasteiger partial charge is 0.319 e. The number of ether oxygens (including phenoxy) is 1. The largest absolute Gasteiger partial charge is 0.497 e. The summed E-state index contributed by atoms with van der Waals surface area (Å²) in [4.78, 5) is 14.4. The Bertz CT molecular complexity index is 930. The van der Waals surface area contributed by atoms with Crippen molar-refractivity contribution in [3.8, 4) is 22.9 Å². The Balaban J connectivity index is 1.48. The summed E-state index contributed by atoms with van der Waals surface area (Å²) in [7, 11) is 1.64. The minimum absolute atomic E-state index is 0.166. The van der Waals surface area contributed by atoms with Gasteiger partial charge in [-0.2, -0.15) is 5.26 Å². The van der Waals surface area contributed by atoms with E-state index in [4.69, 9.17) is 4.74 Å². The minimum atomic E-state index is -0.576. The van der Waals surface area contributed by atoms with Crippen LogP contribution in [-0.4, -0.2) is 47.9 Å². The molecule has 2 aliphatic rings. The molecule has 1 aliphatic heterocycles. The lowest BCUT2D eigenvalue weighted by Gasteiger charge is -2.51. The lowest BCUT2D eigenvalue weighted by molar-refractivity contribution is 0.0153. The Morgan fingerprint density at radius 3 is 2.26 bits per heavy atom. The van der Waals surface area contributed by atoms with Gasteiger partial charge < -0.3 is 20.1 Å². The van der Waals surface area contributed by atoms with E-state index in [9.17, 15) is 15.2 Å². The van der Waals surface area contributed by atoms with Gasteiger partial charge in [0, 0.05) is 12.0 Å². The number of aliphatic hydroxyl groups excluding tert-OH is 1. The Labute approximate surface area is 183 Å². The van der Waals surface area contributed by atoms with Crippen molar-refractivity contribution in [1.82, 2.24) is 10.2 Å². The van der Waals surface area contributed by atoms with Gasteiger partial charge in [-0.15, -0.1) is 0 Å². The molecular weight excluding hydrogens is 390 g/mol. The van der Waals surface area contributed by atoms with Gasteiger partial charge >= 0.3 is 6.03 Å². The summed E-state index contributed by atoms with van der Waals surface area (Å²) in [5.41, 5.74) is 3.10. The molecule has 6 heteroatoms. The molecule has 2 amide bonds. The number of nitrogens with one attached hydrogen (secondary N) is 1. The highest BCUT2D eigenvalue weighted by Crippen LogP contribution is 2.41. The molecule has 1 saturated heterocycles. The molecule has 6 nitrogen and oxygen atoms in total. The zero-order valence-corrected chi connectivity index (χ0v) is 17.8. The highest BCUT2D eigenvalue weighted by molar-refractivity contribution is 5.78. The van der Waals surface area contributed by atoms with Crippen molar-refractivity contribution >= 4 is 6.03 Å². The van der Waals surface area contributed by atoms with E-state index < -0.39 is 6.04 Å². The summed E-state index contributed by atoms with van der Waals surface area (Å²) < 4.78 is 5.21. The quantitative estimate of drug-likeness (QED) is 0.765. The number of urea groups is 1. The second-order valence-electron chi connectivity index (χ2n) is 8.39. The Morgan fingerprint density at radius 2 is 1.71 bits per heavy atom. The summed E-state index contributed by atoms with van der Waals surface area (Å²) in [5, 5.41) is 22.8. The zero-order chi connectivity index (χ0) is 21.8. The number of methoxy groups -OCH3 is 1. The molecule has 0 bridgehead atoms. The molecule has 0 spiro atoms. The second-order valence-corrected chi connectivity index (χ2v) is 8.39. The van der Waals surface area contributed by atoms with Crippen LogP contribution in [0.3, 0.4) is 0 Å². The number of nitriles is 1. The number of hydrogen-bond acceptors (Lipinski definition) is 4. The molecule has 31 heavy (non-hydrogen) atoms. The van der Waals surface area contributed by atoms with E-state index in [1.165, 1.54) is 11.3 Å². The highest BCUT2D eigenvalue weighted by Gasteiger charge is 2.52. The molecule has 1 aliphatic carbocycles. The molecule has 2 aromatic rings. The van der Waals surface area contributed by atoms with Crippen molar-refractivity contribution in [2.75, 3.05) is 13.7 Å². The van der Waals surface area contributed by atoms with Gasteiger partial charge in [0.15, 0.2) is 0 Å². The summed E-state index contributed by atoms with van der Waals surface area (Å²) in [6.07, 6.45) is 5.43. The van der Waals surface area contributed by atoms with E-state index >= 15 is 0 Å². The summed E-state index contributed by atoms with van der Waals surface area (Å²) in [6, 6.07) is 17.1. The minimum Gasteiger partial charge on any atom is -0.497 e. The molecule has 2 aromatic carbocycles. The summed E-state index contributed by atoms with van der Waals surface area (Å²) >= 11 is 0. The van der Waals surface area contributed by atoms with Gasteiger partial charge in [0.1, 0.15) is 11.8 Å². The lowest BCUT2D eigenvalue weighted by Crippen LogP contribution is -2.67. The fourth-order valence-electron chi connectivity index (χ4n) is 4.86. The SMILES string of the molecule is COc1ccc(-c2ccc([C@H]3[C@H](C#N)N(C(=O)NC4CCCCC4)[C@H]3CO)cc2)cc1. The van der Waals surface area contributed by atoms with Crippen molar-refractivity contribution in [2.24, 2.45) is 0 Å². The van der Waals surface area contributed by atoms with Gasteiger partial charge in [0.25, 0.3) is 0 Å². The summed E-state index contributed by atoms with van der Waals surface area (Å²) in [6.45, 7) is -0.166. The maximum absolute atomic E-state index is 12.8. The van der Waals surface area contributed by atoms with Crippen LogP contribution < -0.4 is 10.1 Å². The predicted octanol–water partition coefficient (Wildman–Crippen LogP) is 4.06. The molecule has 3 atom stereocenters. The predicted molar refractivity (Wildman–Crippen MR) is 119 cm³/mol. The third kappa shape index (κ3) is 4.24.